The fraction of sp³-hybridized carbons (Fsp3) is 0.479. The first-order chi connectivity index (χ1) is 37.3. The van der Waals surface area contributed by atoms with Crippen LogP contribution in [-0.2, 0) is 70.4 Å². The van der Waals surface area contributed by atoms with E-state index in [2.05, 4.69) is 42.2 Å². The van der Waals surface area contributed by atoms with Gasteiger partial charge in [0.2, 0.25) is 65.0 Å². The second kappa shape index (κ2) is 33.2. The lowest BCUT2D eigenvalue weighted by Gasteiger charge is -2.31. The van der Waals surface area contributed by atoms with E-state index in [1.54, 1.807) is 30.3 Å². The average molecular weight is 1140 g/mol. The van der Waals surface area contributed by atoms with Crippen LogP contribution in [0.4, 0.5) is 0 Å². The molecule has 2 aromatic carbocycles. The minimum Gasteiger partial charge on any atom is -0.508 e. The van der Waals surface area contributed by atoms with Crippen LogP contribution in [0.25, 0.3) is 0 Å². The molecule has 29 nitrogen and oxygen atoms in total. The van der Waals surface area contributed by atoms with Crippen LogP contribution in [0.5, 0.6) is 5.75 Å². The zero-order valence-electron chi connectivity index (χ0n) is 43.2. The summed E-state index contributed by atoms with van der Waals surface area (Å²) < 4.78 is 0. The summed E-state index contributed by atoms with van der Waals surface area (Å²) in [7, 11) is 1.99. The Morgan fingerprint density at radius 1 is 0.722 bits per heavy atom. The van der Waals surface area contributed by atoms with Gasteiger partial charge in [-0.05, 0) is 55.4 Å². The van der Waals surface area contributed by atoms with Gasteiger partial charge in [0.05, 0.1) is 19.0 Å². The minimum atomic E-state index is -1.80. The number of nitrogens with two attached hydrogens (primary N) is 6. The van der Waals surface area contributed by atoms with Crippen LogP contribution in [0.1, 0.15) is 63.0 Å². The Morgan fingerprint density at radius 2 is 1.27 bits per heavy atom. The van der Waals surface area contributed by atoms with Crippen molar-refractivity contribution in [3.63, 3.8) is 0 Å². The molecule has 0 aliphatic carbocycles. The number of carbonyl (C=O) groups is 12. The molecule has 432 valence electrons. The first kappa shape index (κ1) is 65.1. The first-order valence-electron chi connectivity index (χ1n) is 24.7. The highest BCUT2D eigenvalue weighted by molar-refractivity contribution is 8.76. The molecule has 0 unspecified atom stereocenters. The average Bonchev–Trinajstić information content (AvgIpc) is 3.92. The van der Waals surface area contributed by atoms with E-state index >= 15 is 0 Å². The third-order valence-corrected chi connectivity index (χ3v) is 14.1. The number of carboxylic acid groups (broad SMARTS) is 1. The van der Waals surface area contributed by atoms with Gasteiger partial charge in [0, 0.05) is 50.8 Å². The Kier molecular flexibility index (Phi) is 27.3. The molecule has 4 rings (SSSR count). The van der Waals surface area contributed by atoms with Gasteiger partial charge in [-0.15, -0.1) is 0 Å². The third kappa shape index (κ3) is 23.9. The maximum absolute atomic E-state index is 14.6. The Labute approximate surface area is 461 Å². The number of hydrogen-bond acceptors (Lipinski definition) is 17. The number of rotatable bonds is 19. The van der Waals surface area contributed by atoms with Crippen molar-refractivity contribution in [2.45, 2.75) is 113 Å². The molecule has 8 atom stereocenters. The Morgan fingerprint density at radius 3 is 1.85 bits per heavy atom. The van der Waals surface area contributed by atoms with Gasteiger partial charge in [0.1, 0.15) is 48.0 Å². The number of aromatic hydroxyl groups is 1. The highest BCUT2D eigenvalue weighted by atomic mass is 33.1. The third-order valence-electron chi connectivity index (χ3n) is 11.6. The predicted octanol–water partition coefficient (Wildman–Crippen LogP) is -5.31. The number of phenolic OH excluding ortho intramolecular Hbond substituents is 1. The summed E-state index contributed by atoms with van der Waals surface area (Å²) in [6.45, 7) is 0.641. The van der Waals surface area contributed by atoms with Crippen molar-refractivity contribution < 1.29 is 67.7 Å². The highest BCUT2D eigenvalue weighted by Gasteiger charge is 2.40. The number of aliphatic carboxylic acids is 1. The summed E-state index contributed by atoms with van der Waals surface area (Å²) in [6.07, 6.45) is -1.38. The van der Waals surface area contributed by atoms with Crippen LogP contribution in [0.15, 0.2) is 59.6 Å². The van der Waals surface area contributed by atoms with Gasteiger partial charge >= 0.3 is 0 Å². The largest absolute Gasteiger partial charge is 0.508 e. The summed E-state index contributed by atoms with van der Waals surface area (Å²) in [4.78, 5) is 162. The normalized spacial score (nSPS) is 21.8. The summed E-state index contributed by atoms with van der Waals surface area (Å²) >= 11 is 0. The zero-order chi connectivity index (χ0) is 58.8. The fourth-order valence-corrected chi connectivity index (χ4v) is 10.1. The topological polar surface area (TPSA) is 501 Å². The van der Waals surface area contributed by atoms with Crippen molar-refractivity contribution in [3.05, 3.63) is 65.7 Å². The van der Waals surface area contributed by atoms with Gasteiger partial charge in [-0.1, -0.05) is 64.1 Å². The number of amides is 11. The molecule has 0 saturated carbocycles. The van der Waals surface area contributed by atoms with Crippen molar-refractivity contribution in [1.82, 2.24) is 42.1 Å². The van der Waals surface area contributed by atoms with E-state index in [0.717, 1.165) is 28.5 Å². The van der Waals surface area contributed by atoms with Gasteiger partial charge in [0.25, 0.3) is 5.97 Å². The van der Waals surface area contributed by atoms with Gasteiger partial charge in [-0.25, -0.2) is 0 Å². The number of phenols is 1. The molecule has 0 aromatic heterocycles. The van der Waals surface area contributed by atoms with E-state index in [4.69, 9.17) is 44.3 Å². The second-order valence-electron chi connectivity index (χ2n) is 18.1. The molecular formula is C48H69N15O14S2. The van der Waals surface area contributed by atoms with Gasteiger partial charge in [0.15, 0.2) is 5.96 Å². The summed E-state index contributed by atoms with van der Waals surface area (Å²) in [5.74, 6) is -11.4. The number of primary amides is 3. The molecule has 2 heterocycles. The van der Waals surface area contributed by atoms with Crippen molar-refractivity contribution in [2.75, 3.05) is 31.1 Å². The van der Waals surface area contributed by atoms with Crippen molar-refractivity contribution in [2.24, 2.45) is 39.4 Å². The summed E-state index contributed by atoms with van der Waals surface area (Å²) in [5, 5.41) is 35.1. The lowest BCUT2D eigenvalue weighted by atomic mass is 10.0. The monoisotopic (exact) mass is 1140 g/mol. The molecular weight excluding hydrogens is 1070 g/mol. The lowest BCUT2D eigenvalue weighted by molar-refractivity contribution is -0.142. The van der Waals surface area contributed by atoms with E-state index in [1.807, 2.05) is 0 Å². The Hall–Kier alpha value is -8.19. The number of hydrogen-bond donors (Lipinski definition) is 15. The van der Waals surface area contributed by atoms with E-state index < -0.39 is 145 Å². The highest BCUT2D eigenvalue weighted by Crippen LogP contribution is 2.26. The van der Waals surface area contributed by atoms with Gasteiger partial charge in [-0.2, -0.15) is 0 Å². The van der Waals surface area contributed by atoms with Crippen LogP contribution < -0.4 is 71.6 Å². The fourth-order valence-electron chi connectivity index (χ4n) is 7.80. The van der Waals surface area contributed by atoms with Gasteiger partial charge < -0.3 is 86.7 Å². The summed E-state index contributed by atoms with van der Waals surface area (Å²) in [6, 6.07) is 2.80. The molecule has 2 aliphatic heterocycles. The molecule has 0 radical (unpaired) electrons. The molecule has 2 aliphatic rings. The molecule has 79 heavy (non-hydrogen) atoms. The molecule has 2 aromatic rings. The standard InChI is InChI=1S/C46H65N15O12S2.C2H4O2/c47-27-22-74-75-23-33(45(73)61-17-5-9-34(61)44(72)56-28(8-4-16-53-46(51)52)39(67)54-21-37(50)65)60-43(71)32(20-36(49)64)59-40(68)29(14-15-35(48)63)55-41(69)31(18-24-6-2-1-3-7-24)58-42(70)30(57-38(27)66)19-25-10-12-26(62)13-11-25;1-2(3)4/h1-3,6-7,10-13,27-34,62H,4-5,8-9,14-23,47H2,(H2,48,63)(H2,49,64)(H2,50,65)(H,54,67)(H,55,69)(H,56,72)(H,57,66)(H,58,70)(H,59,68)(H,60,71)(H4,51,52,53);1H3,(H,3,4)/t27-,28-,29-,30-,31-,32-,33-,34-;/m0./s1. The molecule has 11 amide bonds. The van der Waals surface area contributed by atoms with E-state index in [0.29, 0.717) is 17.5 Å². The molecule has 21 N–H and O–H groups in total. The first-order valence-corrected chi connectivity index (χ1v) is 27.2. The Balaban J connectivity index is 0.00000396. The van der Waals surface area contributed by atoms with Crippen molar-refractivity contribution >= 4 is 98.5 Å². The lowest BCUT2D eigenvalue weighted by Crippen LogP contribution is -2.61. The number of nitrogens with one attached hydrogen (secondary N) is 7. The molecule has 2 saturated heterocycles. The quantitative estimate of drug-likeness (QED) is 0.0270. The maximum atomic E-state index is 14.6. The maximum Gasteiger partial charge on any atom is 0.300 e. The molecule has 2 fully saturated rings. The van der Waals surface area contributed by atoms with E-state index in [-0.39, 0.29) is 68.4 Å². The van der Waals surface area contributed by atoms with Crippen LogP contribution in [-0.4, -0.2) is 171 Å². The number of likely N-dealkylation sites (tertiary alicyclic amines) is 1. The van der Waals surface area contributed by atoms with Crippen molar-refractivity contribution in [3.8, 4) is 5.75 Å². The van der Waals surface area contributed by atoms with Crippen LogP contribution >= 0.6 is 21.6 Å². The number of benzene rings is 2. The number of guanidine groups is 1. The molecule has 31 heteroatoms. The van der Waals surface area contributed by atoms with Gasteiger partial charge in [-0.3, -0.25) is 62.5 Å². The van der Waals surface area contributed by atoms with Crippen LogP contribution in [0.2, 0.25) is 0 Å². The Bertz CT molecular complexity index is 2520. The molecule has 0 bridgehead atoms. The minimum absolute atomic E-state index is 0.00106. The van der Waals surface area contributed by atoms with Crippen LogP contribution in [0, 0.1) is 0 Å². The number of carbonyl (C=O) groups excluding carboxylic acids is 11. The smallest absolute Gasteiger partial charge is 0.300 e. The number of aliphatic imine (C=N–C) groups is 1. The summed E-state index contributed by atoms with van der Waals surface area (Å²) in [5.41, 5.74) is 34.4. The van der Waals surface area contributed by atoms with Crippen molar-refractivity contribution in [1.29, 1.82) is 0 Å². The van der Waals surface area contributed by atoms with Crippen LogP contribution in [0.3, 0.4) is 0 Å². The van der Waals surface area contributed by atoms with E-state index in [9.17, 15) is 57.8 Å². The predicted molar refractivity (Wildman–Crippen MR) is 289 cm³/mol. The second-order valence-corrected chi connectivity index (χ2v) is 20.7. The molecule has 0 spiro atoms. The zero-order valence-corrected chi connectivity index (χ0v) is 44.8. The number of carboxylic acids is 1. The SMILES string of the molecule is CC(=O)O.NC(=O)CC[C@@H]1NC(=O)[C@H](Cc2ccccc2)NC(=O)[C@H](Cc2ccc(O)cc2)NC(=O)[C@@H](N)CSSC[C@@H](C(=O)N2CCC[C@H]2C(=O)N[C@@H](CCCN=C(N)N)C(=O)NCC(N)=O)NC(=O)[C@H](CC(N)=O)NC1=O. The number of nitrogens with zero attached hydrogens (tertiary/aromatic N) is 2. The van der Waals surface area contributed by atoms with E-state index in [1.165, 1.54) is 29.2 Å².